The van der Waals surface area contributed by atoms with Crippen LogP contribution in [0.15, 0.2) is 35.7 Å². The summed E-state index contributed by atoms with van der Waals surface area (Å²) in [5, 5.41) is 12.7. The SMILES string of the molecule is O=[N+]([O-])c1sccc1Oc1ccccc1Cl. The molecule has 16 heavy (non-hydrogen) atoms. The van der Waals surface area contributed by atoms with Crippen molar-refractivity contribution in [3.05, 3.63) is 50.8 Å². The van der Waals surface area contributed by atoms with Crippen LogP contribution in [0.2, 0.25) is 5.02 Å². The van der Waals surface area contributed by atoms with Crippen LogP contribution in [0.3, 0.4) is 0 Å². The van der Waals surface area contributed by atoms with E-state index in [0.29, 0.717) is 10.8 Å². The first-order chi connectivity index (χ1) is 7.68. The summed E-state index contributed by atoms with van der Waals surface area (Å²) >= 11 is 6.90. The fourth-order valence-electron chi connectivity index (χ4n) is 1.15. The average Bonchev–Trinajstić information content (AvgIpc) is 2.69. The molecule has 1 heterocycles. The van der Waals surface area contributed by atoms with Gasteiger partial charge in [-0.05, 0) is 18.2 Å². The highest BCUT2D eigenvalue weighted by molar-refractivity contribution is 7.13. The van der Waals surface area contributed by atoms with E-state index in [1.807, 2.05) is 0 Å². The fourth-order valence-corrected chi connectivity index (χ4v) is 1.95. The summed E-state index contributed by atoms with van der Waals surface area (Å²) in [6, 6.07) is 8.38. The van der Waals surface area contributed by atoms with Gasteiger partial charge in [-0.1, -0.05) is 35.1 Å². The lowest BCUT2D eigenvalue weighted by molar-refractivity contribution is -0.380. The largest absolute Gasteiger partial charge is 0.448 e. The molecule has 82 valence electrons. The highest BCUT2D eigenvalue weighted by Crippen LogP contribution is 2.38. The standard InChI is InChI=1S/C10H6ClNO3S/c11-7-3-1-2-4-8(7)15-9-5-6-16-10(9)12(13)14/h1-6H. The summed E-state index contributed by atoms with van der Waals surface area (Å²) < 4.78 is 5.38. The van der Waals surface area contributed by atoms with E-state index >= 15 is 0 Å². The number of ether oxygens (including phenoxy) is 1. The van der Waals surface area contributed by atoms with Gasteiger partial charge in [-0.15, -0.1) is 0 Å². The van der Waals surface area contributed by atoms with Crippen molar-refractivity contribution in [3.8, 4) is 11.5 Å². The molecular weight excluding hydrogens is 250 g/mol. The second kappa shape index (κ2) is 4.51. The van der Waals surface area contributed by atoms with E-state index < -0.39 is 4.92 Å². The van der Waals surface area contributed by atoms with Crippen LogP contribution in [0.25, 0.3) is 0 Å². The molecule has 0 amide bonds. The molecule has 0 N–H and O–H groups in total. The van der Waals surface area contributed by atoms with Crippen molar-refractivity contribution in [2.75, 3.05) is 0 Å². The minimum absolute atomic E-state index is 0.0279. The Hall–Kier alpha value is -1.59. The Bertz CT molecular complexity index is 526. The van der Waals surface area contributed by atoms with E-state index in [2.05, 4.69) is 0 Å². The van der Waals surface area contributed by atoms with Crippen molar-refractivity contribution in [2.45, 2.75) is 0 Å². The second-order valence-electron chi connectivity index (χ2n) is 2.88. The number of nitrogens with zero attached hydrogens (tertiary/aromatic N) is 1. The highest BCUT2D eigenvalue weighted by atomic mass is 35.5. The number of para-hydroxylation sites is 1. The van der Waals surface area contributed by atoms with Gasteiger partial charge in [0.1, 0.15) is 5.75 Å². The molecule has 0 atom stereocenters. The average molecular weight is 256 g/mol. The van der Waals surface area contributed by atoms with Gasteiger partial charge in [0.05, 0.1) is 9.95 Å². The third-order valence-electron chi connectivity index (χ3n) is 1.83. The Kier molecular flexibility index (Phi) is 3.07. The quantitative estimate of drug-likeness (QED) is 0.613. The minimum Gasteiger partial charge on any atom is -0.448 e. The number of rotatable bonds is 3. The van der Waals surface area contributed by atoms with Gasteiger partial charge in [0.25, 0.3) is 0 Å². The van der Waals surface area contributed by atoms with Crippen LogP contribution in [0.1, 0.15) is 0 Å². The van der Waals surface area contributed by atoms with Gasteiger partial charge in [-0.25, -0.2) is 0 Å². The molecule has 0 radical (unpaired) electrons. The first kappa shape index (κ1) is 10.9. The summed E-state index contributed by atoms with van der Waals surface area (Å²) in [4.78, 5) is 10.2. The third-order valence-corrected chi connectivity index (χ3v) is 2.99. The lowest BCUT2D eigenvalue weighted by atomic mass is 10.3. The van der Waals surface area contributed by atoms with Crippen molar-refractivity contribution >= 4 is 27.9 Å². The predicted octanol–water partition coefficient (Wildman–Crippen LogP) is 4.10. The molecule has 2 aromatic rings. The maximum absolute atomic E-state index is 10.7. The summed E-state index contributed by atoms with van der Waals surface area (Å²) in [5.74, 6) is 0.619. The molecule has 4 nitrogen and oxygen atoms in total. The second-order valence-corrected chi connectivity index (χ2v) is 4.18. The van der Waals surface area contributed by atoms with Gasteiger partial charge in [0.15, 0.2) is 0 Å². The molecule has 0 bridgehead atoms. The Labute approximate surface area is 100 Å². The first-order valence-corrected chi connectivity index (χ1v) is 5.58. The van der Waals surface area contributed by atoms with Crippen molar-refractivity contribution in [3.63, 3.8) is 0 Å². The highest BCUT2D eigenvalue weighted by Gasteiger charge is 2.18. The maximum atomic E-state index is 10.7. The number of nitro groups is 1. The number of hydrogen-bond donors (Lipinski definition) is 0. The molecule has 1 aromatic heterocycles. The summed E-state index contributed by atoms with van der Waals surface area (Å²) in [5.41, 5.74) is 0. The molecule has 0 aliphatic carbocycles. The van der Waals surface area contributed by atoms with Crippen LogP contribution < -0.4 is 4.74 Å². The zero-order valence-electron chi connectivity index (χ0n) is 7.92. The van der Waals surface area contributed by atoms with E-state index in [1.165, 1.54) is 0 Å². The lowest BCUT2D eigenvalue weighted by Crippen LogP contribution is -1.89. The topological polar surface area (TPSA) is 52.4 Å². The van der Waals surface area contributed by atoms with Crippen molar-refractivity contribution < 1.29 is 9.66 Å². The first-order valence-electron chi connectivity index (χ1n) is 4.33. The van der Waals surface area contributed by atoms with Crippen LogP contribution in [0.4, 0.5) is 5.00 Å². The predicted molar refractivity (Wildman–Crippen MR) is 62.5 cm³/mol. The van der Waals surface area contributed by atoms with E-state index in [1.54, 1.807) is 35.7 Å². The van der Waals surface area contributed by atoms with E-state index in [4.69, 9.17) is 16.3 Å². The zero-order chi connectivity index (χ0) is 11.5. The van der Waals surface area contributed by atoms with Gasteiger partial charge < -0.3 is 4.74 Å². The van der Waals surface area contributed by atoms with Gasteiger partial charge in [0, 0.05) is 5.38 Å². The van der Waals surface area contributed by atoms with E-state index in [-0.39, 0.29) is 10.8 Å². The molecule has 0 saturated heterocycles. The summed E-state index contributed by atoms with van der Waals surface area (Å²) in [6.45, 7) is 0. The third kappa shape index (κ3) is 2.15. The molecule has 2 rings (SSSR count). The number of thiophene rings is 1. The van der Waals surface area contributed by atoms with Crippen molar-refractivity contribution in [1.82, 2.24) is 0 Å². The normalized spacial score (nSPS) is 10.1. The van der Waals surface area contributed by atoms with Crippen LogP contribution in [0.5, 0.6) is 11.5 Å². The zero-order valence-corrected chi connectivity index (χ0v) is 9.49. The van der Waals surface area contributed by atoms with E-state index in [0.717, 1.165) is 11.3 Å². The van der Waals surface area contributed by atoms with E-state index in [9.17, 15) is 10.1 Å². The molecule has 0 spiro atoms. The van der Waals surface area contributed by atoms with Crippen LogP contribution in [-0.2, 0) is 0 Å². The molecule has 0 fully saturated rings. The Balaban J connectivity index is 2.31. The number of halogens is 1. The molecule has 0 aliphatic heterocycles. The fraction of sp³-hybridized carbons (Fsp3) is 0. The Morgan fingerprint density at radius 2 is 2.00 bits per heavy atom. The molecule has 0 aliphatic rings. The minimum atomic E-state index is -0.475. The van der Waals surface area contributed by atoms with Gasteiger partial charge in [0.2, 0.25) is 5.75 Å². The van der Waals surface area contributed by atoms with Gasteiger partial charge >= 0.3 is 5.00 Å². The van der Waals surface area contributed by atoms with Crippen molar-refractivity contribution in [2.24, 2.45) is 0 Å². The van der Waals surface area contributed by atoms with Crippen LogP contribution in [-0.4, -0.2) is 4.92 Å². The van der Waals surface area contributed by atoms with Gasteiger partial charge in [-0.2, -0.15) is 0 Å². The molecule has 6 heteroatoms. The monoisotopic (exact) mass is 255 g/mol. The molecular formula is C10H6ClNO3S. The molecule has 0 unspecified atom stereocenters. The maximum Gasteiger partial charge on any atom is 0.366 e. The van der Waals surface area contributed by atoms with Crippen LogP contribution in [0, 0.1) is 10.1 Å². The molecule has 1 aromatic carbocycles. The number of benzene rings is 1. The van der Waals surface area contributed by atoms with Crippen LogP contribution >= 0.6 is 22.9 Å². The molecule has 0 saturated carbocycles. The summed E-state index contributed by atoms with van der Waals surface area (Å²) in [6.07, 6.45) is 0. The smallest absolute Gasteiger partial charge is 0.366 e. The Morgan fingerprint density at radius 3 is 2.69 bits per heavy atom. The van der Waals surface area contributed by atoms with Gasteiger partial charge in [-0.3, -0.25) is 10.1 Å². The summed E-state index contributed by atoms with van der Waals surface area (Å²) in [7, 11) is 0. The lowest BCUT2D eigenvalue weighted by Gasteiger charge is -2.04. The Morgan fingerprint density at radius 1 is 1.25 bits per heavy atom. The van der Waals surface area contributed by atoms with Crippen molar-refractivity contribution in [1.29, 1.82) is 0 Å². The number of hydrogen-bond acceptors (Lipinski definition) is 4.